The van der Waals surface area contributed by atoms with Crippen LogP contribution in [0.25, 0.3) is 16.9 Å². The summed E-state index contributed by atoms with van der Waals surface area (Å²) in [7, 11) is 0. The van der Waals surface area contributed by atoms with Gasteiger partial charge in [-0.05, 0) is 31.0 Å². The molecule has 130 valence electrons. The summed E-state index contributed by atoms with van der Waals surface area (Å²) in [5.41, 5.74) is 2.13. The number of imidazole rings is 1. The smallest absolute Gasteiger partial charge is 0.173 e. The number of piperidine rings is 1. The van der Waals surface area contributed by atoms with E-state index in [0.717, 1.165) is 54.4 Å². The van der Waals surface area contributed by atoms with E-state index in [0.29, 0.717) is 5.92 Å². The van der Waals surface area contributed by atoms with Crippen molar-refractivity contribution in [3.05, 3.63) is 60.9 Å². The minimum atomic E-state index is 0.367. The number of para-hydroxylation sites is 2. The monoisotopic (exact) mass is 345 g/mol. The summed E-state index contributed by atoms with van der Waals surface area (Å²) in [6.45, 7) is 1.87. The van der Waals surface area contributed by atoms with Gasteiger partial charge in [-0.15, -0.1) is 0 Å². The Kier molecular flexibility index (Phi) is 3.62. The molecule has 0 bridgehead atoms. The van der Waals surface area contributed by atoms with Crippen LogP contribution in [-0.4, -0.2) is 42.8 Å². The normalized spacial score (nSPS) is 17.7. The molecule has 1 aromatic carbocycles. The quantitative estimate of drug-likeness (QED) is 0.618. The van der Waals surface area contributed by atoms with E-state index in [-0.39, 0.29) is 0 Å². The first-order valence-electron chi connectivity index (χ1n) is 8.88. The topological polar surface area (TPSA) is 75.5 Å². The van der Waals surface area contributed by atoms with Crippen LogP contribution in [0, 0.1) is 0 Å². The highest BCUT2D eigenvalue weighted by Gasteiger charge is 2.25. The molecule has 0 spiro atoms. The molecule has 0 unspecified atom stereocenters. The number of aromatic amines is 1. The highest BCUT2D eigenvalue weighted by atomic mass is 15.3. The predicted octanol–water partition coefficient (Wildman–Crippen LogP) is 2.92. The Morgan fingerprint density at radius 2 is 1.96 bits per heavy atom. The molecule has 0 saturated carbocycles. The maximum atomic E-state index is 4.79. The number of nitrogens with zero attached hydrogens (tertiary/aromatic N) is 6. The van der Waals surface area contributed by atoms with Gasteiger partial charge in [0.2, 0.25) is 0 Å². The van der Waals surface area contributed by atoms with E-state index in [4.69, 9.17) is 9.97 Å². The maximum absolute atomic E-state index is 4.79. The zero-order valence-electron chi connectivity index (χ0n) is 14.3. The third-order valence-electron chi connectivity index (χ3n) is 4.89. The predicted molar refractivity (Wildman–Crippen MR) is 99.4 cm³/mol. The summed E-state index contributed by atoms with van der Waals surface area (Å²) in [5.74, 6) is 3.05. The fourth-order valence-corrected chi connectivity index (χ4v) is 3.59. The van der Waals surface area contributed by atoms with Crippen molar-refractivity contribution in [3.8, 4) is 5.82 Å². The van der Waals surface area contributed by atoms with Crippen molar-refractivity contribution in [1.82, 2.24) is 29.7 Å². The molecule has 1 aliphatic heterocycles. The van der Waals surface area contributed by atoms with Crippen molar-refractivity contribution < 1.29 is 0 Å². The van der Waals surface area contributed by atoms with E-state index >= 15 is 0 Å². The number of nitrogens with one attached hydrogen (secondary N) is 1. The van der Waals surface area contributed by atoms with E-state index in [1.165, 1.54) is 0 Å². The Labute approximate surface area is 150 Å². The van der Waals surface area contributed by atoms with Crippen molar-refractivity contribution in [3.63, 3.8) is 0 Å². The molecule has 3 aromatic heterocycles. The van der Waals surface area contributed by atoms with Crippen LogP contribution >= 0.6 is 0 Å². The van der Waals surface area contributed by atoms with Crippen LogP contribution in [0.5, 0.6) is 0 Å². The van der Waals surface area contributed by atoms with Crippen LogP contribution in [0.2, 0.25) is 0 Å². The zero-order chi connectivity index (χ0) is 17.3. The molecule has 1 fully saturated rings. The van der Waals surface area contributed by atoms with Crippen LogP contribution < -0.4 is 4.90 Å². The molecule has 4 aromatic rings. The number of fused-ring (bicyclic) bond motifs is 1. The third kappa shape index (κ3) is 2.71. The Bertz CT molecular complexity index is 988. The van der Waals surface area contributed by atoms with Crippen LogP contribution in [-0.2, 0) is 0 Å². The fourth-order valence-electron chi connectivity index (χ4n) is 3.59. The lowest BCUT2D eigenvalue weighted by atomic mass is 9.97. The van der Waals surface area contributed by atoms with Crippen molar-refractivity contribution in [1.29, 1.82) is 0 Å². The first-order valence-corrected chi connectivity index (χ1v) is 8.88. The Hall–Kier alpha value is -3.22. The van der Waals surface area contributed by atoms with Crippen molar-refractivity contribution in [2.45, 2.75) is 18.8 Å². The van der Waals surface area contributed by atoms with E-state index in [9.17, 15) is 0 Å². The molecule has 26 heavy (non-hydrogen) atoms. The summed E-state index contributed by atoms with van der Waals surface area (Å²) in [6, 6.07) is 10.1. The minimum absolute atomic E-state index is 0.367. The van der Waals surface area contributed by atoms with E-state index in [1.807, 2.05) is 30.6 Å². The van der Waals surface area contributed by atoms with E-state index in [1.54, 1.807) is 17.1 Å². The standard InChI is InChI=1S/C19H19N7/c1-2-7-16-15(6-1)22-19(23-16)14-5-3-9-25(13-14)17-11-20-12-18(24-17)26-10-4-8-21-26/h1-2,4,6-8,10-12,14H,3,5,9,13H2,(H,22,23)/t14-/m1/s1. The number of hydrogen-bond donors (Lipinski definition) is 1. The molecule has 1 atom stereocenters. The van der Waals surface area contributed by atoms with E-state index < -0.39 is 0 Å². The number of aromatic nitrogens is 6. The highest BCUT2D eigenvalue weighted by molar-refractivity contribution is 5.74. The van der Waals surface area contributed by atoms with Gasteiger partial charge in [-0.25, -0.2) is 14.6 Å². The molecule has 1 aliphatic rings. The van der Waals surface area contributed by atoms with Crippen LogP contribution in [0.15, 0.2) is 55.1 Å². The Morgan fingerprint density at radius 1 is 1.04 bits per heavy atom. The lowest BCUT2D eigenvalue weighted by Crippen LogP contribution is -2.35. The lowest BCUT2D eigenvalue weighted by Gasteiger charge is -2.32. The summed E-state index contributed by atoms with van der Waals surface area (Å²) < 4.78 is 1.73. The van der Waals surface area contributed by atoms with Gasteiger partial charge in [0.05, 0.1) is 23.4 Å². The van der Waals surface area contributed by atoms with Crippen LogP contribution in [0.3, 0.4) is 0 Å². The first-order chi connectivity index (χ1) is 12.9. The van der Waals surface area contributed by atoms with Gasteiger partial charge in [-0.1, -0.05) is 12.1 Å². The molecular weight excluding hydrogens is 326 g/mol. The highest BCUT2D eigenvalue weighted by Crippen LogP contribution is 2.29. The van der Waals surface area contributed by atoms with Crippen molar-refractivity contribution in [2.24, 2.45) is 0 Å². The number of hydrogen-bond acceptors (Lipinski definition) is 5. The van der Waals surface area contributed by atoms with Gasteiger partial charge in [0, 0.05) is 31.4 Å². The summed E-state index contributed by atoms with van der Waals surface area (Å²) >= 11 is 0. The van der Waals surface area contributed by atoms with Gasteiger partial charge in [0.15, 0.2) is 5.82 Å². The maximum Gasteiger partial charge on any atom is 0.173 e. The van der Waals surface area contributed by atoms with Gasteiger partial charge in [0.25, 0.3) is 0 Å². The molecule has 1 saturated heterocycles. The summed E-state index contributed by atoms with van der Waals surface area (Å²) in [4.78, 5) is 19.7. The molecule has 0 amide bonds. The number of rotatable bonds is 3. The van der Waals surface area contributed by atoms with Gasteiger partial charge < -0.3 is 9.88 Å². The Balaban J connectivity index is 1.41. The molecule has 1 N–H and O–H groups in total. The molecule has 0 aliphatic carbocycles. The SMILES string of the molecule is c1ccc2[nH]c([C@@H]3CCCN(c4cncc(-n5cccn5)n4)C3)nc2c1. The Morgan fingerprint density at radius 3 is 2.85 bits per heavy atom. The second-order valence-electron chi connectivity index (χ2n) is 6.61. The fraction of sp³-hybridized carbons (Fsp3) is 0.263. The first kappa shape index (κ1) is 15.1. The van der Waals surface area contributed by atoms with Crippen LogP contribution in [0.1, 0.15) is 24.6 Å². The average molecular weight is 345 g/mol. The van der Waals surface area contributed by atoms with Crippen LogP contribution in [0.4, 0.5) is 5.82 Å². The second-order valence-corrected chi connectivity index (χ2v) is 6.61. The lowest BCUT2D eigenvalue weighted by molar-refractivity contribution is 0.492. The number of benzene rings is 1. The van der Waals surface area contributed by atoms with Gasteiger partial charge in [-0.3, -0.25) is 4.98 Å². The number of H-pyrrole nitrogens is 1. The molecule has 7 nitrogen and oxygen atoms in total. The molecular formula is C19H19N7. The summed E-state index contributed by atoms with van der Waals surface area (Å²) in [5, 5.41) is 4.24. The van der Waals surface area contributed by atoms with E-state index in [2.05, 4.69) is 32.1 Å². The van der Waals surface area contributed by atoms with Crippen molar-refractivity contribution >= 4 is 16.9 Å². The van der Waals surface area contributed by atoms with Gasteiger partial charge in [-0.2, -0.15) is 5.10 Å². The minimum Gasteiger partial charge on any atom is -0.355 e. The largest absolute Gasteiger partial charge is 0.355 e. The molecule has 7 heteroatoms. The molecule has 4 heterocycles. The average Bonchev–Trinajstić information content (AvgIpc) is 3.38. The van der Waals surface area contributed by atoms with Crippen molar-refractivity contribution in [2.75, 3.05) is 18.0 Å². The second kappa shape index (κ2) is 6.25. The molecule has 0 radical (unpaired) electrons. The third-order valence-corrected chi connectivity index (χ3v) is 4.89. The van der Waals surface area contributed by atoms with Gasteiger partial charge >= 0.3 is 0 Å². The zero-order valence-corrected chi connectivity index (χ0v) is 14.3. The van der Waals surface area contributed by atoms with Gasteiger partial charge in [0.1, 0.15) is 11.6 Å². The number of anilines is 1. The molecule has 5 rings (SSSR count). The summed E-state index contributed by atoms with van der Waals surface area (Å²) in [6.07, 6.45) is 9.41.